The van der Waals surface area contributed by atoms with Gasteiger partial charge in [0.05, 0.1) is 0 Å². The first kappa shape index (κ1) is 13.2. The third-order valence-corrected chi connectivity index (χ3v) is 6.17. The molecule has 3 rings (SSSR count). The van der Waals surface area contributed by atoms with Crippen LogP contribution in [0.5, 0.6) is 0 Å². The minimum Gasteiger partial charge on any atom is -0.322 e. The Bertz CT molecular complexity index is 424. The van der Waals surface area contributed by atoms with Gasteiger partial charge in [0.15, 0.2) is 5.13 Å². The van der Waals surface area contributed by atoms with Crippen molar-refractivity contribution in [2.45, 2.75) is 36.9 Å². The van der Waals surface area contributed by atoms with Gasteiger partial charge in [-0.3, -0.25) is 5.32 Å². The number of hydrogen-bond acceptors (Lipinski definition) is 4. The molecule has 0 bridgehead atoms. The van der Waals surface area contributed by atoms with E-state index in [4.69, 9.17) is 0 Å². The number of hydrogen-bond donors (Lipinski definition) is 1. The SMILES string of the molecule is O=C(Nc1nccs1)N1CCSC2(CCCCC2)C1. The number of thioether (sulfide) groups is 1. The number of nitrogens with one attached hydrogen (secondary N) is 1. The average molecular weight is 297 g/mol. The van der Waals surface area contributed by atoms with E-state index >= 15 is 0 Å². The lowest BCUT2D eigenvalue weighted by atomic mass is 9.87. The van der Waals surface area contributed by atoms with Crippen molar-refractivity contribution in [3.8, 4) is 0 Å². The fourth-order valence-electron chi connectivity index (χ4n) is 2.97. The number of urea groups is 1. The van der Waals surface area contributed by atoms with Crippen LogP contribution in [0.15, 0.2) is 11.6 Å². The molecule has 1 saturated heterocycles. The summed E-state index contributed by atoms with van der Waals surface area (Å²) < 4.78 is 0.330. The number of carbonyl (C=O) groups excluding carboxylic acids is 1. The molecule has 6 heteroatoms. The Morgan fingerprint density at radius 1 is 1.37 bits per heavy atom. The molecule has 0 unspecified atom stereocenters. The van der Waals surface area contributed by atoms with E-state index < -0.39 is 0 Å². The smallest absolute Gasteiger partial charge is 0.322 e. The van der Waals surface area contributed by atoms with E-state index in [1.165, 1.54) is 43.4 Å². The summed E-state index contributed by atoms with van der Waals surface area (Å²) in [5, 5.41) is 5.47. The van der Waals surface area contributed by atoms with E-state index in [0.717, 1.165) is 18.8 Å². The molecule has 1 N–H and O–H groups in total. The molecular weight excluding hydrogens is 278 g/mol. The number of aromatic nitrogens is 1. The lowest BCUT2D eigenvalue weighted by molar-refractivity contribution is 0.198. The fourth-order valence-corrected chi connectivity index (χ4v) is 5.06. The Morgan fingerprint density at radius 2 is 2.21 bits per heavy atom. The fraction of sp³-hybridized carbons (Fsp3) is 0.692. The molecule has 0 atom stereocenters. The zero-order valence-corrected chi connectivity index (χ0v) is 12.6. The summed E-state index contributed by atoms with van der Waals surface area (Å²) in [6.07, 6.45) is 8.23. The summed E-state index contributed by atoms with van der Waals surface area (Å²) in [6, 6.07) is 0.0141. The maximum Gasteiger partial charge on any atom is 0.323 e. The quantitative estimate of drug-likeness (QED) is 0.864. The molecule has 1 saturated carbocycles. The van der Waals surface area contributed by atoms with Crippen LogP contribution in [0, 0.1) is 0 Å². The van der Waals surface area contributed by atoms with Crippen LogP contribution in [0.2, 0.25) is 0 Å². The standard InChI is InChI=1S/C13H19N3OS2/c17-12(15-11-14-6-8-18-11)16-7-9-19-13(10-16)4-2-1-3-5-13/h6,8H,1-5,7,9-10H2,(H,14,15,17). The van der Waals surface area contributed by atoms with Crippen molar-refractivity contribution in [1.82, 2.24) is 9.88 Å². The molecule has 104 valence electrons. The first-order valence-corrected chi connectivity index (χ1v) is 8.73. The maximum absolute atomic E-state index is 12.3. The average Bonchev–Trinajstić information content (AvgIpc) is 2.92. The lowest BCUT2D eigenvalue weighted by Crippen LogP contribution is -2.51. The van der Waals surface area contributed by atoms with Crippen molar-refractivity contribution in [2.75, 3.05) is 24.2 Å². The number of carbonyl (C=O) groups is 1. The van der Waals surface area contributed by atoms with Gasteiger partial charge in [0.25, 0.3) is 0 Å². The summed E-state index contributed by atoms with van der Waals surface area (Å²) in [7, 11) is 0. The molecule has 1 aromatic rings. The molecule has 1 aromatic heterocycles. The van der Waals surface area contributed by atoms with Gasteiger partial charge in [-0.25, -0.2) is 9.78 Å². The highest BCUT2D eigenvalue weighted by atomic mass is 32.2. The van der Waals surface area contributed by atoms with E-state index in [2.05, 4.69) is 22.1 Å². The molecule has 1 aliphatic heterocycles. The molecule has 2 heterocycles. The molecule has 0 radical (unpaired) electrons. The molecule has 0 aromatic carbocycles. The number of anilines is 1. The van der Waals surface area contributed by atoms with Crippen LogP contribution in [-0.4, -0.2) is 39.5 Å². The van der Waals surface area contributed by atoms with E-state index in [-0.39, 0.29) is 6.03 Å². The minimum absolute atomic E-state index is 0.0141. The second kappa shape index (κ2) is 5.71. The van der Waals surface area contributed by atoms with Gasteiger partial charge in [0.2, 0.25) is 0 Å². The molecule has 2 fully saturated rings. The van der Waals surface area contributed by atoms with E-state index in [9.17, 15) is 4.79 Å². The van der Waals surface area contributed by atoms with E-state index in [1.807, 2.05) is 10.3 Å². The van der Waals surface area contributed by atoms with Crippen LogP contribution in [0.3, 0.4) is 0 Å². The van der Waals surface area contributed by atoms with Gasteiger partial charge in [-0.05, 0) is 12.8 Å². The van der Waals surface area contributed by atoms with Crippen LogP contribution in [0.1, 0.15) is 32.1 Å². The van der Waals surface area contributed by atoms with Crippen molar-refractivity contribution in [3.05, 3.63) is 11.6 Å². The predicted octanol–water partition coefficient (Wildman–Crippen LogP) is 3.43. The Morgan fingerprint density at radius 3 is 2.95 bits per heavy atom. The number of thiazole rings is 1. The zero-order chi connectivity index (χ0) is 13.1. The summed E-state index contributed by atoms with van der Waals surface area (Å²) in [6.45, 7) is 1.75. The van der Waals surface area contributed by atoms with Gasteiger partial charge < -0.3 is 4.90 Å². The topological polar surface area (TPSA) is 45.2 Å². The van der Waals surface area contributed by atoms with Crippen LogP contribution < -0.4 is 5.32 Å². The normalized spacial score (nSPS) is 22.4. The Labute approximate surface area is 122 Å². The van der Waals surface area contributed by atoms with Crippen LogP contribution in [-0.2, 0) is 0 Å². The highest BCUT2D eigenvalue weighted by molar-refractivity contribution is 8.00. The van der Waals surface area contributed by atoms with Crippen LogP contribution >= 0.6 is 23.1 Å². The lowest BCUT2D eigenvalue weighted by Gasteiger charge is -2.44. The Hall–Kier alpha value is -0.750. The van der Waals surface area contributed by atoms with Crippen molar-refractivity contribution in [3.63, 3.8) is 0 Å². The molecule has 2 aliphatic rings. The second-order valence-corrected chi connectivity index (χ2v) is 7.74. The maximum atomic E-state index is 12.3. The summed E-state index contributed by atoms with van der Waals surface area (Å²) in [5.74, 6) is 1.06. The van der Waals surface area contributed by atoms with Crippen molar-refractivity contribution in [1.29, 1.82) is 0 Å². The molecular formula is C13H19N3OS2. The monoisotopic (exact) mass is 297 g/mol. The highest BCUT2D eigenvalue weighted by Crippen LogP contribution is 2.42. The second-order valence-electron chi connectivity index (χ2n) is 5.28. The third kappa shape index (κ3) is 3.05. The number of amides is 2. The highest BCUT2D eigenvalue weighted by Gasteiger charge is 2.38. The van der Waals surface area contributed by atoms with Gasteiger partial charge in [-0.2, -0.15) is 11.8 Å². The number of nitrogens with zero attached hydrogens (tertiary/aromatic N) is 2. The summed E-state index contributed by atoms with van der Waals surface area (Å²) >= 11 is 3.55. The van der Waals surface area contributed by atoms with Crippen molar-refractivity contribution >= 4 is 34.3 Å². The molecule has 2 amide bonds. The number of rotatable bonds is 1. The van der Waals surface area contributed by atoms with Gasteiger partial charge in [0, 0.05) is 35.2 Å². The van der Waals surface area contributed by atoms with Gasteiger partial charge in [-0.15, -0.1) is 11.3 Å². The summed E-state index contributed by atoms with van der Waals surface area (Å²) in [5.41, 5.74) is 0. The zero-order valence-electron chi connectivity index (χ0n) is 10.9. The Balaban J connectivity index is 1.62. The van der Waals surface area contributed by atoms with Crippen LogP contribution in [0.4, 0.5) is 9.93 Å². The van der Waals surface area contributed by atoms with Gasteiger partial charge in [-0.1, -0.05) is 19.3 Å². The van der Waals surface area contributed by atoms with Gasteiger partial charge in [0.1, 0.15) is 0 Å². The molecule has 19 heavy (non-hydrogen) atoms. The third-order valence-electron chi connectivity index (χ3n) is 3.95. The predicted molar refractivity (Wildman–Crippen MR) is 81.0 cm³/mol. The van der Waals surface area contributed by atoms with Gasteiger partial charge >= 0.3 is 6.03 Å². The Kier molecular flexibility index (Phi) is 3.98. The van der Waals surface area contributed by atoms with Crippen molar-refractivity contribution in [2.24, 2.45) is 0 Å². The molecule has 1 aliphatic carbocycles. The minimum atomic E-state index is 0.0141. The van der Waals surface area contributed by atoms with E-state index in [0.29, 0.717) is 9.88 Å². The van der Waals surface area contributed by atoms with Crippen molar-refractivity contribution < 1.29 is 4.79 Å². The van der Waals surface area contributed by atoms with E-state index in [1.54, 1.807) is 6.20 Å². The first-order chi connectivity index (χ1) is 9.27. The summed E-state index contributed by atoms with van der Waals surface area (Å²) in [4.78, 5) is 18.3. The largest absolute Gasteiger partial charge is 0.323 e. The van der Waals surface area contributed by atoms with Crippen LogP contribution in [0.25, 0.3) is 0 Å². The molecule has 4 nitrogen and oxygen atoms in total. The molecule has 1 spiro atoms. The first-order valence-electron chi connectivity index (χ1n) is 6.87.